The summed E-state index contributed by atoms with van der Waals surface area (Å²) < 4.78 is 37.6. The molecule has 0 aliphatic carbocycles. The molecule has 0 unspecified atom stereocenters. The summed E-state index contributed by atoms with van der Waals surface area (Å²) in [5.74, 6) is -3.87. The first-order valence-electron chi connectivity index (χ1n) is 2.83. The second kappa shape index (κ2) is 2.85. The van der Waals surface area contributed by atoms with Crippen molar-refractivity contribution in [2.75, 3.05) is 11.5 Å². The lowest BCUT2D eigenvalue weighted by atomic mass is 10.2. The predicted molar refractivity (Wildman–Crippen MR) is 42.8 cm³/mol. The molecule has 1 rings (SSSR count). The van der Waals surface area contributed by atoms with Crippen molar-refractivity contribution in [2.45, 2.75) is 0 Å². The Morgan fingerprint density at radius 3 is 1.83 bits per heavy atom. The van der Waals surface area contributed by atoms with Crippen molar-refractivity contribution < 1.29 is 13.2 Å². The normalized spacial score (nSPS) is 10.3. The van der Waals surface area contributed by atoms with Gasteiger partial charge in [0.25, 0.3) is 0 Å². The van der Waals surface area contributed by atoms with Crippen molar-refractivity contribution in [3.8, 4) is 0 Å². The van der Waals surface area contributed by atoms with E-state index in [9.17, 15) is 13.2 Å². The Morgan fingerprint density at radius 1 is 0.833 bits per heavy atom. The summed E-state index contributed by atoms with van der Waals surface area (Å²) >= 11 is 2.58. The molecule has 0 fully saturated rings. The van der Waals surface area contributed by atoms with Gasteiger partial charge in [0.15, 0.2) is 17.5 Å². The minimum Gasteiger partial charge on any atom is -0.395 e. The average molecular weight is 241 g/mol. The zero-order valence-corrected chi connectivity index (χ0v) is 7.25. The Morgan fingerprint density at radius 2 is 1.33 bits per heavy atom. The Balaban J connectivity index is 3.60. The average Bonchev–Trinajstić information content (AvgIpc) is 2.08. The van der Waals surface area contributed by atoms with Crippen LogP contribution in [0.4, 0.5) is 24.5 Å². The van der Waals surface area contributed by atoms with Crippen LogP contribution >= 0.6 is 15.9 Å². The van der Waals surface area contributed by atoms with Crippen LogP contribution in [-0.2, 0) is 0 Å². The first-order chi connectivity index (χ1) is 5.46. The topological polar surface area (TPSA) is 52.0 Å². The predicted octanol–water partition coefficient (Wildman–Crippen LogP) is 2.03. The van der Waals surface area contributed by atoms with Gasteiger partial charge in [0.05, 0.1) is 10.2 Å². The maximum atomic E-state index is 12.7. The maximum absolute atomic E-state index is 12.7. The van der Waals surface area contributed by atoms with Crippen LogP contribution in [0.1, 0.15) is 0 Å². The molecule has 0 heterocycles. The molecule has 0 aliphatic rings. The molecular weight excluding hydrogens is 237 g/mol. The molecule has 1 aromatic carbocycles. The second-order valence-corrected chi connectivity index (χ2v) is 2.88. The van der Waals surface area contributed by atoms with E-state index in [-0.39, 0.29) is 0 Å². The van der Waals surface area contributed by atoms with Crippen molar-refractivity contribution in [3.63, 3.8) is 0 Å². The number of halogens is 4. The highest BCUT2D eigenvalue weighted by Crippen LogP contribution is 2.32. The molecule has 0 amide bonds. The minimum absolute atomic E-state index is 0.452. The van der Waals surface area contributed by atoms with Gasteiger partial charge in [-0.25, -0.2) is 13.2 Å². The number of benzene rings is 1. The third kappa shape index (κ3) is 1.12. The van der Waals surface area contributed by atoms with Crippen molar-refractivity contribution >= 4 is 27.3 Å². The lowest BCUT2D eigenvalue weighted by Crippen LogP contribution is -2.04. The van der Waals surface area contributed by atoms with Crippen LogP contribution in [0.2, 0.25) is 0 Å². The van der Waals surface area contributed by atoms with E-state index in [0.29, 0.717) is 0 Å². The van der Waals surface area contributed by atoms with Crippen LogP contribution in [0.3, 0.4) is 0 Å². The molecular formula is C6H4BrF3N2. The Hall–Kier alpha value is -0.910. The molecule has 0 aliphatic heterocycles. The monoisotopic (exact) mass is 240 g/mol. The van der Waals surface area contributed by atoms with Gasteiger partial charge in [-0.05, 0) is 15.9 Å². The molecule has 0 aromatic heterocycles. The lowest BCUT2D eigenvalue weighted by molar-refractivity contribution is 0.497. The van der Waals surface area contributed by atoms with Crippen LogP contribution in [-0.4, -0.2) is 0 Å². The molecule has 0 spiro atoms. The van der Waals surface area contributed by atoms with Gasteiger partial charge in [0, 0.05) is 0 Å². The smallest absolute Gasteiger partial charge is 0.186 e. The molecule has 0 atom stereocenters. The Bertz CT molecular complexity index is 235. The molecule has 6 heteroatoms. The maximum Gasteiger partial charge on any atom is 0.186 e. The van der Waals surface area contributed by atoms with E-state index in [1.54, 1.807) is 0 Å². The minimum atomic E-state index is -1.44. The molecule has 1 aromatic rings. The molecule has 66 valence electrons. The summed E-state index contributed by atoms with van der Waals surface area (Å²) in [6, 6.07) is 0. The van der Waals surface area contributed by atoms with E-state index in [1.165, 1.54) is 0 Å². The van der Waals surface area contributed by atoms with Crippen molar-refractivity contribution in [1.82, 2.24) is 0 Å². The Labute approximate surface area is 74.5 Å². The summed E-state index contributed by atoms with van der Waals surface area (Å²) in [4.78, 5) is 0. The molecule has 4 N–H and O–H groups in total. The lowest BCUT2D eigenvalue weighted by Gasteiger charge is -2.05. The summed E-state index contributed by atoms with van der Waals surface area (Å²) in [5, 5.41) is 0. The number of nitrogen functional groups attached to an aromatic ring is 2. The fourth-order valence-electron chi connectivity index (χ4n) is 0.671. The zero-order valence-electron chi connectivity index (χ0n) is 5.67. The van der Waals surface area contributed by atoms with Crippen LogP contribution in [0, 0.1) is 17.5 Å². The van der Waals surface area contributed by atoms with Crippen LogP contribution in [0.15, 0.2) is 4.47 Å². The summed E-state index contributed by atoms with van der Waals surface area (Å²) in [7, 11) is 0. The molecule has 0 bridgehead atoms. The van der Waals surface area contributed by atoms with Crippen molar-refractivity contribution in [1.29, 1.82) is 0 Å². The number of hydrogen-bond donors (Lipinski definition) is 2. The summed E-state index contributed by atoms with van der Waals surface area (Å²) in [6.07, 6.45) is 0. The fourth-order valence-corrected chi connectivity index (χ4v) is 1.02. The molecule has 0 saturated carbocycles. The Kier molecular flexibility index (Phi) is 2.18. The SMILES string of the molecule is Nc1c(F)c(N)c(Br)c(F)c1F. The largest absolute Gasteiger partial charge is 0.395 e. The van der Waals surface area contributed by atoms with Gasteiger partial charge in [-0.15, -0.1) is 0 Å². The molecule has 12 heavy (non-hydrogen) atoms. The van der Waals surface area contributed by atoms with Crippen molar-refractivity contribution in [3.05, 3.63) is 21.9 Å². The van der Waals surface area contributed by atoms with Crippen molar-refractivity contribution in [2.24, 2.45) is 0 Å². The highest BCUT2D eigenvalue weighted by Gasteiger charge is 2.19. The van der Waals surface area contributed by atoms with Gasteiger partial charge >= 0.3 is 0 Å². The van der Waals surface area contributed by atoms with Gasteiger partial charge in [0.2, 0.25) is 0 Å². The van der Waals surface area contributed by atoms with Gasteiger partial charge in [-0.3, -0.25) is 0 Å². The van der Waals surface area contributed by atoms with E-state index >= 15 is 0 Å². The number of hydrogen-bond acceptors (Lipinski definition) is 2. The number of nitrogens with two attached hydrogens (primary N) is 2. The van der Waals surface area contributed by atoms with Crippen LogP contribution in [0.5, 0.6) is 0 Å². The third-order valence-electron chi connectivity index (χ3n) is 1.33. The van der Waals surface area contributed by atoms with Gasteiger partial charge in [0.1, 0.15) is 5.69 Å². The zero-order chi connectivity index (χ0) is 9.46. The summed E-state index contributed by atoms with van der Waals surface area (Å²) in [5.41, 5.74) is 8.46. The number of rotatable bonds is 0. The molecule has 0 saturated heterocycles. The van der Waals surface area contributed by atoms with E-state index in [2.05, 4.69) is 15.9 Å². The van der Waals surface area contributed by atoms with E-state index in [1.807, 2.05) is 0 Å². The molecule has 2 nitrogen and oxygen atoms in total. The van der Waals surface area contributed by atoms with Gasteiger partial charge in [-0.2, -0.15) is 0 Å². The van der Waals surface area contributed by atoms with E-state index < -0.39 is 33.3 Å². The first-order valence-corrected chi connectivity index (χ1v) is 3.63. The highest BCUT2D eigenvalue weighted by molar-refractivity contribution is 9.10. The van der Waals surface area contributed by atoms with Gasteiger partial charge in [-0.1, -0.05) is 0 Å². The van der Waals surface area contributed by atoms with E-state index in [4.69, 9.17) is 11.5 Å². The van der Waals surface area contributed by atoms with Crippen LogP contribution < -0.4 is 11.5 Å². The molecule has 0 radical (unpaired) electrons. The number of anilines is 2. The first kappa shape index (κ1) is 9.18. The standard InChI is InChI=1S/C6H4BrF3N2/c7-1-2(8)3(9)6(12)4(10)5(1)11/h11-12H2. The quantitative estimate of drug-likeness (QED) is 0.414. The van der Waals surface area contributed by atoms with Gasteiger partial charge < -0.3 is 11.5 Å². The van der Waals surface area contributed by atoms with Crippen LogP contribution in [0.25, 0.3) is 0 Å². The van der Waals surface area contributed by atoms with E-state index in [0.717, 1.165) is 0 Å². The fraction of sp³-hybridized carbons (Fsp3) is 0. The summed E-state index contributed by atoms with van der Waals surface area (Å²) in [6.45, 7) is 0. The third-order valence-corrected chi connectivity index (χ3v) is 2.11. The highest BCUT2D eigenvalue weighted by atomic mass is 79.9. The second-order valence-electron chi connectivity index (χ2n) is 2.08.